The molecule has 1 aliphatic carbocycles. The Morgan fingerprint density at radius 2 is 1.62 bits per heavy atom. The lowest BCUT2D eigenvalue weighted by Gasteiger charge is -2.46. The highest BCUT2D eigenvalue weighted by atomic mass is 31.2. The minimum absolute atomic E-state index is 0.135. The van der Waals surface area contributed by atoms with E-state index in [1.54, 1.807) is 0 Å². The molecular formula is C16H33O4P. The van der Waals surface area contributed by atoms with Crippen molar-refractivity contribution in [3.05, 3.63) is 0 Å². The molecule has 0 aliphatic heterocycles. The molecule has 1 aliphatic rings. The number of rotatable bonds is 6. The van der Waals surface area contributed by atoms with Crippen LogP contribution in [-0.4, -0.2) is 30.6 Å². The lowest BCUT2D eigenvalue weighted by Crippen LogP contribution is -2.50. The third kappa shape index (κ3) is 4.79. The topological polar surface area (TPSA) is 55.8 Å². The lowest BCUT2D eigenvalue weighted by molar-refractivity contribution is -0.101. The monoisotopic (exact) mass is 320 g/mol. The van der Waals surface area contributed by atoms with E-state index in [1.807, 2.05) is 6.92 Å². The van der Waals surface area contributed by atoms with Gasteiger partial charge in [-0.15, -0.1) is 0 Å². The quantitative estimate of drug-likeness (QED) is 0.746. The number of aliphatic hydroxyl groups is 1. The molecule has 0 spiro atoms. The van der Waals surface area contributed by atoms with Crippen LogP contribution in [-0.2, 0) is 13.6 Å². The van der Waals surface area contributed by atoms with Crippen molar-refractivity contribution in [1.82, 2.24) is 0 Å². The SMILES string of the molecule is CCC(C)COP(C)(=O)OC1C(C)C(C)C(C)C(C)C1O. The van der Waals surface area contributed by atoms with E-state index >= 15 is 0 Å². The van der Waals surface area contributed by atoms with E-state index in [4.69, 9.17) is 9.05 Å². The normalized spacial score (nSPS) is 41.5. The minimum atomic E-state index is -3.14. The second-order valence-electron chi connectivity index (χ2n) is 7.08. The maximum atomic E-state index is 12.5. The van der Waals surface area contributed by atoms with Gasteiger partial charge in [-0.2, -0.15) is 0 Å². The average Bonchev–Trinajstić information content (AvgIpc) is 2.45. The molecule has 1 rings (SSSR count). The molecule has 1 fully saturated rings. The van der Waals surface area contributed by atoms with Gasteiger partial charge in [0.1, 0.15) is 0 Å². The third-order valence-corrected chi connectivity index (χ3v) is 6.73. The molecule has 0 bridgehead atoms. The van der Waals surface area contributed by atoms with Crippen LogP contribution in [0.5, 0.6) is 0 Å². The maximum Gasteiger partial charge on any atom is 0.328 e. The average molecular weight is 320 g/mol. The second-order valence-corrected chi connectivity index (χ2v) is 9.09. The van der Waals surface area contributed by atoms with E-state index < -0.39 is 19.8 Å². The Kier molecular flexibility index (Phi) is 6.92. The molecule has 0 aromatic carbocycles. The van der Waals surface area contributed by atoms with Gasteiger partial charge in [0.15, 0.2) is 0 Å². The van der Waals surface area contributed by atoms with Crippen LogP contribution in [0.15, 0.2) is 0 Å². The van der Waals surface area contributed by atoms with Crippen molar-refractivity contribution in [2.75, 3.05) is 13.3 Å². The van der Waals surface area contributed by atoms with Gasteiger partial charge < -0.3 is 14.2 Å². The predicted octanol–water partition coefficient (Wildman–Crippen LogP) is 4.18. The minimum Gasteiger partial charge on any atom is -0.390 e. The van der Waals surface area contributed by atoms with Gasteiger partial charge in [-0.05, 0) is 29.6 Å². The molecule has 1 N–H and O–H groups in total. The number of hydrogen-bond acceptors (Lipinski definition) is 4. The molecule has 0 amide bonds. The molecule has 8 unspecified atom stereocenters. The fourth-order valence-corrected chi connectivity index (χ4v) is 4.31. The molecule has 1 saturated carbocycles. The smallest absolute Gasteiger partial charge is 0.328 e. The predicted molar refractivity (Wildman–Crippen MR) is 86.5 cm³/mol. The van der Waals surface area contributed by atoms with Gasteiger partial charge in [0.2, 0.25) is 0 Å². The second kappa shape index (κ2) is 7.59. The van der Waals surface area contributed by atoms with Crippen LogP contribution in [0.25, 0.3) is 0 Å². The Labute approximate surface area is 130 Å². The van der Waals surface area contributed by atoms with E-state index in [0.29, 0.717) is 24.4 Å². The fraction of sp³-hybridized carbons (Fsp3) is 1.00. The van der Waals surface area contributed by atoms with Crippen LogP contribution >= 0.6 is 7.60 Å². The molecule has 5 heteroatoms. The highest BCUT2D eigenvalue weighted by Crippen LogP contribution is 2.51. The van der Waals surface area contributed by atoms with Crippen LogP contribution in [0.3, 0.4) is 0 Å². The van der Waals surface area contributed by atoms with Gasteiger partial charge >= 0.3 is 7.60 Å². The van der Waals surface area contributed by atoms with E-state index in [0.717, 1.165) is 6.42 Å². The van der Waals surface area contributed by atoms with Crippen molar-refractivity contribution in [2.45, 2.75) is 60.2 Å². The van der Waals surface area contributed by atoms with Crippen molar-refractivity contribution >= 4 is 7.60 Å². The Morgan fingerprint density at radius 3 is 2.14 bits per heavy atom. The molecule has 21 heavy (non-hydrogen) atoms. The lowest BCUT2D eigenvalue weighted by atomic mass is 9.66. The van der Waals surface area contributed by atoms with Crippen LogP contribution in [0, 0.1) is 29.6 Å². The summed E-state index contributed by atoms with van der Waals surface area (Å²) in [6.45, 7) is 14.5. The Balaban J connectivity index is 2.72. The Morgan fingerprint density at radius 1 is 1.10 bits per heavy atom. The van der Waals surface area contributed by atoms with Crippen LogP contribution in [0.2, 0.25) is 0 Å². The summed E-state index contributed by atoms with van der Waals surface area (Å²) in [7, 11) is -3.14. The molecule has 0 radical (unpaired) electrons. The summed E-state index contributed by atoms with van der Waals surface area (Å²) in [4.78, 5) is 0. The van der Waals surface area contributed by atoms with E-state index in [9.17, 15) is 9.67 Å². The summed E-state index contributed by atoms with van der Waals surface area (Å²) >= 11 is 0. The highest BCUT2D eigenvalue weighted by Gasteiger charge is 2.45. The zero-order valence-electron chi connectivity index (χ0n) is 14.6. The Bertz CT molecular complexity index is 357. The molecule has 0 aromatic heterocycles. The van der Waals surface area contributed by atoms with Crippen molar-refractivity contribution in [2.24, 2.45) is 29.6 Å². The molecule has 126 valence electrons. The third-order valence-electron chi connectivity index (χ3n) is 5.49. The zero-order chi connectivity index (χ0) is 16.4. The van der Waals surface area contributed by atoms with Crippen molar-refractivity contribution in [3.63, 3.8) is 0 Å². The van der Waals surface area contributed by atoms with Crippen molar-refractivity contribution in [3.8, 4) is 0 Å². The first-order valence-electron chi connectivity index (χ1n) is 8.19. The van der Waals surface area contributed by atoms with Gasteiger partial charge in [0.05, 0.1) is 18.8 Å². The molecule has 0 aromatic rings. The first-order valence-corrected chi connectivity index (χ1v) is 10.2. The van der Waals surface area contributed by atoms with Crippen molar-refractivity contribution in [1.29, 1.82) is 0 Å². The van der Waals surface area contributed by atoms with E-state index in [2.05, 4.69) is 34.6 Å². The first-order chi connectivity index (χ1) is 9.60. The fourth-order valence-electron chi connectivity index (χ4n) is 2.97. The van der Waals surface area contributed by atoms with Gasteiger partial charge in [-0.25, -0.2) is 0 Å². The van der Waals surface area contributed by atoms with E-state index in [-0.39, 0.29) is 11.8 Å². The zero-order valence-corrected chi connectivity index (χ0v) is 15.5. The molecular weight excluding hydrogens is 287 g/mol. The van der Waals surface area contributed by atoms with Gasteiger partial charge in [-0.3, -0.25) is 4.57 Å². The summed E-state index contributed by atoms with van der Waals surface area (Å²) in [5, 5.41) is 10.5. The maximum absolute atomic E-state index is 12.5. The summed E-state index contributed by atoms with van der Waals surface area (Å²) in [5.41, 5.74) is 0. The number of aliphatic hydroxyl groups excluding tert-OH is 1. The summed E-state index contributed by atoms with van der Waals surface area (Å²) in [6.07, 6.45) is -0.0285. The Hall–Kier alpha value is 0.110. The van der Waals surface area contributed by atoms with E-state index in [1.165, 1.54) is 6.66 Å². The molecule has 0 saturated heterocycles. The summed E-state index contributed by atoms with van der Waals surface area (Å²) in [5.74, 6) is 1.49. The number of hydrogen-bond donors (Lipinski definition) is 1. The standard InChI is InChI=1S/C16H33O4P/c1-8-10(2)9-19-21(7,18)20-16-14(6)12(4)11(3)13(5)15(16)17/h10-17H,8-9H2,1-7H3. The summed E-state index contributed by atoms with van der Waals surface area (Å²) in [6, 6.07) is 0. The van der Waals surface area contributed by atoms with Crippen LogP contribution in [0.4, 0.5) is 0 Å². The highest BCUT2D eigenvalue weighted by molar-refractivity contribution is 7.53. The van der Waals surface area contributed by atoms with Crippen LogP contribution < -0.4 is 0 Å². The van der Waals surface area contributed by atoms with Crippen molar-refractivity contribution < 1.29 is 18.7 Å². The molecule has 0 heterocycles. The van der Waals surface area contributed by atoms with Crippen LogP contribution in [0.1, 0.15) is 48.0 Å². The van der Waals surface area contributed by atoms with Gasteiger partial charge in [-0.1, -0.05) is 48.0 Å². The molecule has 4 nitrogen and oxygen atoms in total. The molecule has 8 atom stereocenters. The van der Waals surface area contributed by atoms with Gasteiger partial charge in [0, 0.05) is 6.66 Å². The largest absolute Gasteiger partial charge is 0.390 e. The van der Waals surface area contributed by atoms with Gasteiger partial charge in [0.25, 0.3) is 0 Å². The first kappa shape index (κ1) is 19.2. The summed E-state index contributed by atoms with van der Waals surface area (Å²) < 4.78 is 23.8.